The third kappa shape index (κ3) is 7.17. The minimum absolute atomic E-state index is 0. The first-order chi connectivity index (χ1) is 9.83. The predicted octanol–water partition coefficient (Wildman–Crippen LogP) is 3.26. The summed E-state index contributed by atoms with van der Waals surface area (Å²) in [6, 6.07) is 0. The van der Waals surface area contributed by atoms with Crippen molar-refractivity contribution in [2.75, 3.05) is 32.8 Å². The molecule has 1 saturated heterocycles. The van der Waals surface area contributed by atoms with E-state index in [1.54, 1.807) is 0 Å². The van der Waals surface area contributed by atoms with Crippen LogP contribution < -0.4 is 5.32 Å². The van der Waals surface area contributed by atoms with E-state index in [0.29, 0.717) is 6.10 Å². The molecule has 1 aliphatic heterocycles. The number of piperidine rings is 1. The molecule has 0 aromatic heterocycles. The molecule has 0 unspecified atom stereocenters. The van der Waals surface area contributed by atoms with Crippen molar-refractivity contribution in [2.45, 2.75) is 58.5 Å². The standard InChI is InChI=1S/C16H31N3O.HI/c1-3-17-16(18-11-5-6-14-7-8-14)19-12-9-15(10-13-19)20-4-2;/h14-15H,3-13H2,1-2H3,(H,17,18);1H. The van der Waals surface area contributed by atoms with Crippen molar-refractivity contribution in [3.05, 3.63) is 0 Å². The normalized spacial score (nSPS) is 20.3. The van der Waals surface area contributed by atoms with E-state index in [2.05, 4.69) is 24.1 Å². The van der Waals surface area contributed by atoms with Gasteiger partial charge in [0.1, 0.15) is 0 Å². The van der Waals surface area contributed by atoms with Crippen LogP contribution in [0.4, 0.5) is 0 Å². The van der Waals surface area contributed by atoms with Crippen molar-refractivity contribution in [1.82, 2.24) is 10.2 Å². The van der Waals surface area contributed by atoms with E-state index in [4.69, 9.17) is 9.73 Å². The second-order valence-electron chi connectivity index (χ2n) is 5.96. The van der Waals surface area contributed by atoms with E-state index in [0.717, 1.165) is 57.5 Å². The maximum absolute atomic E-state index is 5.72. The first-order valence-corrected chi connectivity index (χ1v) is 8.48. The summed E-state index contributed by atoms with van der Waals surface area (Å²) in [5.74, 6) is 2.13. The lowest BCUT2D eigenvalue weighted by molar-refractivity contribution is 0.0264. The molecule has 5 heteroatoms. The summed E-state index contributed by atoms with van der Waals surface area (Å²) in [7, 11) is 0. The molecule has 1 N–H and O–H groups in total. The second kappa shape index (κ2) is 10.6. The molecule has 1 aliphatic carbocycles. The molecular weight excluding hydrogens is 377 g/mol. The van der Waals surface area contributed by atoms with E-state index < -0.39 is 0 Å². The summed E-state index contributed by atoms with van der Waals surface area (Å²) in [6.07, 6.45) is 8.22. The largest absolute Gasteiger partial charge is 0.378 e. The third-order valence-electron chi connectivity index (χ3n) is 4.21. The Hall–Kier alpha value is -0.0400. The minimum atomic E-state index is 0. The Morgan fingerprint density at radius 2 is 1.90 bits per heavy atom. The summed E-state index contributed by atoms with van der Waals surface area (Å²) in [5, 5.41) is 3.44. The number of nitrogens with zero attached hydrogens (tertiary/aromatic N) is 2. The highest BCUT2D eigenvalue weighted by molar-refractivity contribution is 14.0. The molecule has 0 spiro atoms. The van der Waals surface area contributed by atoms with Crippen molar-refractivity contribution in [1.29, 1.82) is 0 Å². The molecule has 21 heavy (non-hydrogen) atoms. The van der Waals surface area contributed by atoms with Gasteiger partial charge in [-0.1, -0.05) is 12.8 Å². The average Bonchev–Trinajstić information content (AvgIpc) is 3.28. The van der Waals surface area contributed by atoms with E-state index in [-0.39, 0.29) is 24.0 Å². The zero-order valence-electron chi connectivity index (χ0n) is 13.6. The monoisotopic (exact) mass is 409 g/mol. The first kappa shape index (κ1) is 19.0. The number of rotatable bonds is 7. The zero-order chi connectivity index (χ0) is 14.2. The number of halogens is 1. The quantitative estimate of drug-likeness (QED) is 0.304. The van der Waals surface area contributed by atoms with Gasteiger partial charge in [-0.25, -0.2) is 0 Å². The van der Waals surface area contributed by atoms with E-state index >= 15 is 0 Å². The van der Waals surface area contributed by atoms with Gasteiger partial charge in [0.25, 0.3) is 0 Å². The fourth-order valence-corrected chi connectivity index (χ4v) is 2.87. The fourth-order valence-electron chi connectivity index (χ4n) is 2.87. The van der Waals surface area contributed by atoms with Crippen LogP contribution in [0.1, 0.15) is 52.4 Å². The molecule has 0 radical (unpaired) electrons. The van der Waals surface area contributed by atoms with Gasteiger partial charge in [-0.15, -0.1) is 24.0 Å². The van der Waals surface area contributed by atoms with Crippen LogP contribution in [0.15, 0.2) is 4.99 Å². The van der Waals surface area contributed by atoms with Gasteiger partial charge in [0, 0.05) is 32.8 Å². The number of hydrogen-bond acceptors (Lipinski definition) is 2. The summed E-state index contributed by atoms with van der Waals surface area (Å²) in [4.78, 5) is 7.20. The van der Waals surface area contributed by atoms with Gasteiger partial charge in [-0.3, -0.25) is 4.99 Å². The van der Waals surface area contributed by atoms with Gasteiger partial charge in [-0.2, -0.15) is 0 Å². The Morgan fingerprint density at radius 3 is 2.48 bits per heavy atom. The van der Waals surface area contributed by atoms with Crippen LogP contribution in [0.5, 0.6) is 0 Å². The maximum atomic E-state index is 5.72. The molecular formula is C16H32IN3O. The summed E-state index contributed by atoms with van der Waals surface area (Å²) in [5.41, 5.74) is 0. The number of likely N-dealkylation sites (tertiary alicyclic amines) is 1. The molecule has 0 amide bonds. The molecule has 124 valence electrons. The van der Waals surface area contributed by atoms with Gasteiger partial charge in [0.05, 0.1) is 6.10 Å². The topological polar surface area (TPSA) is 36.9 Å². The Labute approximate surface area is 147 Å². The van der Waals surface area contributed by atoms with Crippen molar-refractivity contribution < 1.29 is 4.74 Å². The van der Waals surface area contributed by atoms with E-state index in [1.165, 1.54) is 25.7 Å². The maximum Gasteiger partial charge on any atom is 0.193 e. The summed E-state index contributed by atoms with van der Waals surface area (Å²) < 4.78 is 5.72. The molecule has 2 aliphatic rings. The Morgan fingerprint density at radius 1 is 1.19 bits per heavy atom. The summed E-state index contributed by atoms with van der Waals surface area (Å²) in [6.45, 7) is 9.12. The average molecular weight is 409 g/mol. The molecule has 2 rings (SSSR count). The number of ether oxygens (including phenoxy) is 1. The van der Waals surface area contributed by atoms with E-state index in [9.17, 15) is 0 Å². The van der Waals surface area contributed by atoms with Crippen LogP contribution in [0, 0.1) is 5.92 Å². The Kier molecular flexibility index (Phi) is 9.64. The summed E-state index contributed by atoms with van der Waals surface area (Å²) >= 11 is 0. The Balaban J connectivity index is 0.00000220. The van der Waals surface area contributed by atoms with Crippen molar-refractivity contribution >= 4 is 29.9 Å². The molecule has 0 bridgehead atoms. The molecule has 0 atom stereocenters. The lowest BCUT2D eigenvalue weighted by Crippen LogP contribution is -2.47. The fraction of sp³-hybridized carbons (Fsp3) is 0.938. The number of aliphatic imine (C=N–C) groups is 1. The van der Waals surface area contributed by atoms with Gasteiger partial charge in [0.2, 0.25) is 0 Å². The lowest BCUT2D eigenvalue weighted by Gasteiger charge is -2.34. The van der Waals surface area contributed by atoms with E-state index in [1.807, 2.05) is 0 Å². The number of guanidine groups is 1. The van der Waals surface area contributed by atoms with Gasteiger partial charge >= 0.3 is 0 Å². The highest BCUT2D eigenvalue weighted by Gasteiger charge is 2.22. The van der Waals surface area contributed by atoms with Gasteiger partial charge in [-0.05, 0) is 45.4 Å². The van der Waals surface area contributed by atoms with Crippen LogP contribution in [-0.2, 0) is 4.74 Å². The molecule has 1 saturated carbocycles. The van der Waals surface area contributed by atoms with Crippen LogP contribution in [-0.4, -0.2) is 49.7 Å². The van der Waals surface area contributed by atoms with Crippen molar-refractivity contribution in [2.24, 2.45) is 10.9 Å². The molecule has 4 nitrogen and oxygen atoms in total. The zero-order valence-corrected chi connectivity index (χ0v) is 16.0. The van der Waals surface area contributed by atoms with Crippen LogP contribution in [0.2, 0.25) is 0 Å². The SMILES string of the molecule is CCNC(=NCCCC1CC1)N1CCC(OCC)CC1.I. The lowest BCUT2D eigenvalue weighted by atomic mass is 10.1. The minimum Gasteiger partial charge on any atom is -0.378 e. The highest BCUT2D eigenvalue weighted by atomic mass is 127. The van der Waals surface area contributed by atoms with Crippen LogP contribution in [0.3, 0.4) is 0 Å². The molecule has 0 aromatic carbocycles. The van der Waals surface area contributed by atoms with Crippen molar-refractivity contribution in [3.63, 3.8) is 0 Å². The van der Waals surface area contributed by atoms with Crippen LogP contribution in [0.25, 0.3) is 0 Å². The smallest absolute Gasteiger partial charge is 0.193 e. The van der Waals surface area contributed by atoms with Crippen molar-refractivity contribution in [3.8, 4) is 0 Å². The van der Waals surface area contributed by atoms with Gasteiger partial charge in [0.15, 0.2) is 5.96 Å². The number of hydrogen-bond donors (Lipinski definition) is 1. The first-order valence-electron chi connectivity index (χ1n) is 8.48. The highest BCUT2D eigenvalue weighted by Crippen LogP contribution is 2.33. The predicted molar refractivity (Wildman–Crippen MR) is 99.6 cm³/mol. The molecule has 0 aromatic rings. The number of nitrogens with one attached hydrogen (secondary N) is 1. The van der Waals surface area contributed by atoms with Gasteiger partial charge < -0.3 is 15.0 Å². The molecule has 2 fully saturated rings. The Bertz CT molecular complexity index is 300. The second-order valence-corrected chi connectivity index (χ2v) is 5.96. The third-order valence-corrected chi connectivity index (χ3v) is 4.21. The molecule has 1 heterocycles. The van der Waals surface area contributed by atoms with Crippen LogP contribution >= 0.6 is 24.0 Å².